The number of rotatable bonds is 8. The van der Waals surface area contributed by atoms with Crippen LogP contribution in [-0.2, 0) is 11.2 Å². The molecule has 5 heteroatoms. The van der Waals surface area contributed by atoms with Crippen LogP contribution >= 0.6 is 23.2 Å². The molecular weight excluding hydrogens is 383 g/mol. The maximum atomic E-state index is 11.8. The van der Waals surface area contributed by atoms with Crippen molar-refractivity contribution >= 4 is 29.0 Å². The minimum atomic E-state index is 0.0538. The van der Waals surface area contributed by atoms with Gasteiger partial charge in [0.05, 0.1) is 0 Å². The second kappa shape index (κ2) is 8.53. The van der Waals surface area contributed by atoms with Crippen molar-refractivity contribution in [1.82, 2.24) is 0 Å². The fourth-order valence-corrected chi connectivity index (χ4v) is 3.68. The van der Waals surface area contributed by atoms with Crippen molar-refractivity contribution in [2.75, 3.05) is 6.61 Å². The molecule has 1 aliphatic rings. The van der Waals surface area contributed by atoms with Gasteiger partial charge in [-0.25, -0.2) is 0 Å². The normalized spacial score (nSPS) is 13.8. The molecule has 3 nitrogen and oxygen atoms in total. The molecule has 1 N–H and O–H groups in total. The summed E-state index contributed by atoms with van der Waals surface area (Å²) >= 11 is 12.9. The summed E-state index contributed by atoms with van der Waals surface area (Å²) in [6.45, 7) is 4.13. The first-order chi connectivity index (χ1) is 12.8. The van der Waals surface area contributed by atoms with Crippen LogP contribution in [0.2, 0.25) is 10.0 Å². The van der Waals surface area contributed by atoms with E-state index in [-0.39, 0.29) is 18.3 Å². The Morgan fingerprint density at radius 1 is 1.19 bits per heavy atom. The van der Waals surface area contributed by atoms with Gasteiger partial charge in [0, 0.05) is 22.9 Å². The van der Waals surface area contributed by atoms with Crippen LogP contribution in [0.1, 0.15) is 55.7 Å². The first kappa shape index (κ1) is 20.0. The molecule has 1 fully saturated rings. The quantitative estimate of drug-likeness (QED) is 0.570. The minimum Gasteiger partial charge on any atom is -0.508 e. The number of Topliss-reactive ketones (excluding diaryl/α,β-unsaturated/α-hetero) is 1. The lowest BCUT2D eigenvalue weighted by molar-refractivity contribution is -0.121. The van der Waals surface area contributed by atoms with E-state index >= 15 is 0 Å². The van der Waals surface area contributed by atoms with E-state index in [4.69, 9.17) is 27.9 Å². The van der Waals surface area contributed by atoms with Crippen LogP contribution in [0, 0.1) is 5.92 Å². The van der Waals surface area contributed by atoms with Crippen LogP contribution in [0.15, 0.2) is 30.3 Å². The molecule has 2 aromatic rings. The molecule has 0 spiro atoms. The Morgan fingerprint density at radius 3 is 2.44 bits per heavy atom. The number of carbonyl (C=O) groups excluding carboxylic acids is 1. The topological polar surface area (TPSA) is 46.5 Å². The number of phenolic OH excluding ortho intramolecular Hbond substituents is 1. The summed E-state index contributed by atoms with van der Waals surface area (Å²) in [5.74, 6) is 1.69. The Bertz CT molecular complexity index is 818. The first-order valence-corrected chi connectivity index (χ1v) is 10.0. The second-order valence-corrected chi connectivity index (χ2v) is 8.38. The molecule has 27 heavy (non-hydrogen) atoms. The van der Waals surface area contributed by atoms with Crippen LogP contribution in [0.5, 0.6) is 11.5 Å². The fraction of sp³-hybridized carbons (Fsp3) is 0.409. The fourth-order valence-electron chi connectivity index (χ4n) is 3.08. The Kier molecular flexibility index (Phi) is 6.33. The molecule has 0 atom stereocenters. The molecule has 0 radical (unpaired) electrons. The summed E-state index contributed by atoms with van der Waals surface area (Å²) < 4.78 is 5.58. The van der Waals surface area contributed by atoms with E-state index in [1.807, 2.05) is 26.0 Å². The van der Waals surface area contributed by atoms with Gasteiger partial charge >= 0.3 is 0 Å². The zero-order valence-corrected chi connectivity index (χ0v) is 17.1. The number of benzene rings is 2. The summed E-state index contributed by atoms with van der Waals surface area (Å²) in [7, 11) is 0. The van der Waals surface area contributed by atoms with Crippen molar-refractivity contribution in [1.29, 1.82) is 0 Å². The van der Waals surface area contributed by atoms with Gasteiger partial charge in [0.2, 0.25) is 0 Å². The van der Waals surface area contributed by atoms with E-state index in [1.165, 1.54) is 0 Å². The van der Waals surface area contributed by atoms with Crippen molar-refractivity contribution in [2.24, 2.45) is 5.92 Å². The summed E-state index contributed by atoms with van der Waals surface area (Å²) in [5.41, 5.74) is 2.72. The standard InChI is InChI=1S/C22H24Cl2O3/c1-13(2)18-8-15(5-6-22(18)26)9-19-20(23)10-17(11-21(19)24)27-12-16(25)7-14-3-4-14/h5-6,8,10-11,13-14,26H,3-4,7,9,12H2,1-2H3. The Morgan fingerprint density at radius 2 is 1.85 bits per heavy atom. The van der Waals surface area contributed by atoms with Crippen molar-refractivity contribution in [3.05, 3.63) is 57.1 Å². The van der Waals surface area contributed by atoms with Gasteiger partial charge in [-0.1, -0.05) is 49.2 Å². The van der Waals surface area contributed by atoms with Crippen LogP contribution < -0.4 is 4.74 Å². The van der Waals surface area contributed by atoms with Gasteiger partial charge < -0.3 is 9.84 Å². The molecule has 144 valence electrons. The van der Waals surface area contributed by atoms with Crippen LogP contribution in [-0.4, -0.2) is 17.5 Å². The highest BCUT2D eigenvalue weighted by molar-refractivity contribution is 6.36. The molecule has 0 bridgehead atoms. The summed E-state index contributed by atoms with van der Waals surface area (Å²) in [6.07, 6.45) is 3.44. The highest BCUT2D eigenvalue weighted by Crippen LogP contribution is 2.35. The minimum absolute atomic E-state index is 0.0538. The Balaban J connectivity index is 1.71. The van der Waals surface area contributed by atoms with Crippen molar-refractivity contribution in [2.45, 2.75) is 45.4 Å². The maximum absolute atomic E-state index is 11.8. The molecule has 1 aliphatic carbocycles. The summed E-state index contributed by atoms with van der Waals surface area (Å²) in [4.78, 5) is 11.8. The Labute approximate surface area is 170 Å². The molecule has 0 heterocycles. The lowest BCUT2D eigenvalue weighted by atomic mass is 9.96. The van der Waals surface area contributed by atoms with Gasteiger partial charge in [0.15, 0.2) is 5.78 Å². The summed E-state index contributed by atoms with van der Waals surface area (Å²) in [5, 5.41) is 11.0. The highest BCUT2D eigenvalue weighted by Gasteiger charge is 2.24. The molecule has 0 amide bonds. The lowest BCUT2D eigenvalue weighted by Gasteiger charge is -2.14. The first-order valence-electron chi connectivity index (χ1n) is 9.27. The largest absolute Gasteiger partial charge is 0.508 e. The third-order valence-corrected chi connectivity index (χ3v) is 5.50. The number of phenols is 1. The van der Waals surface area contributed by atoms with E-state index in [1.54, 1.807) is 18.2 Å². The van der Waals surface area contributed by atoms with Gasteiger partial charge in [-0.15, -0.1) is 0 Å². The van der Waals surface area contributed by atoms with Crippen molar-refractivity contribution in [3.63, 3.8) is 0 Å². The van der Waals surface area contributed by atoms with Crippen LogP contribution in [0.25, 0.3) is 0 Å². The third-order valence-electron chi connectivity index (χ3n) is 4.82. The van der Waals surface area contributed by atoms with E-state index in [0.717, 1.165) is 29.5 Å². The number of ether oxygens (including phenoxy) is 1. The van der Waals surface area contributed by atoms with Gasteiger partial charge in [-0.05, 0) is 59.6 Å². The molecule has 3 rings (SSSR count). The average Bonchev–Trinajstić information content (AvgIpc) is 3.41. The molecule has 2 aromatic carbocycles. The predicted octanol–water partition coefficient (Wildman–Crippen LogP) is 6.16. The highest BCUT2D eigenvalue weighted by atomic mass is 35.5. The second-order valence-electron chi connectivity index (χ2n) is 7.56. The molecule has 0 unspecified atom stereocenters. The van der Waals surface area contributed by atoms with E-state index in [0.29, 0.717) is 40.3 Å². The number of aromatic hydroxyl groups is 1. The molecule has 0 aliphatic heterocycles. The zero-order chi connectivity index (χ0) is 19.6. The monoisotopic (exact) mass is 406 g/mol. The molecule has 1 saturated carbocycles. The van der Waals surface area contributed by atoms with Gasteiger partial charge in [-0.2, -0.15) is 0 Å². The van der Waals surface area contributed by atoms with E-state index in [9.17, 15) is 9.90 Å². The van der Waals surface area contributed by atoms with Gasteiger partial charge in [0.1, 0.15) is 18.1 Å². The lowest BCUT2D eigenvalue weighted by Crippen LogP contribution is -2.11. The molecule has 0 aromatic heterocycles. The summed E-state index contributed by atoms with van der Waals surface area (Å²) in [6, 6.07) is 8.96. The van der Waals surface area contributed by atoms with E-state index < -0.39 is 0 Å². The van der Waals surface area contributed by atoms with Crippen molar-refractivity contribution < 1.29 is 14.6 Å². The Hall–Kier alpha value is -1.71. The number of hydrogen-bond acceptors (Lipinski definition) is 3. The van der Waals surface area contributed by atoms with Crippen molar-refractivity contribution in [3.8, 4) is 11.5 Å². The van der Waals surface area contributed by atoms with Gasteiger partial charge in [-0.3, -0.25) is 4.79 Å². The number of carbonyl (C=O) groups is 1. The number of halogens is 2. The zero-order valence-electron chi connectivity index (χ0n) is 15.6. The number of ketones is 1. The SMILES string of the molecule is CC(C)c1cc(Cc2c(Cl)cc(OCC(=O)CC3CC3)cc2Cl)ccc1O. The maximum Gasteiger partial charge on any atom is 0.170 e. The molecular formula is C22H24Cl2O3. The smallest absolute Gasteiger partial charge is 0.170 e. The van der Waals surface area contributed by atoms with Crippen LogP contribution in [0.4, 0.5) is 0 Å². The van der Waals surface area contributed by atoms with Gasteiger partial charge in [0.25, 0.3) is 0 Å². The number of hydrogen-bond donors (Lipinski definition) is 1. The van der Waals surface area contributed by atoms with E-state index in [2.05, 4.69) is 0 Å². The molecule has 0 saturated heterocycles. The predicted molar refractivity (Wildman–Crippen MR) is 109 cm³/mol. The third kappa shape index (κ3) is 5.40. The average molecular weight is 407 g/mol. The van der Waals surface area contributed by atoms with Crippen LogP contribution in [0.3, 0.4) is 0 Å².